The third kappa shape index (κ3) is 5.07. The van der Waals surface area contributed by atoms with Gasteiger partial charge in [0.2, 0.25) is 0 Å². The number of halogens is 5. The van der Waals surface area contributed by atoms with Crippen LogP contribution < -0.4 is 5.32 Å². The van der Waals surface area contributed by atoms with Gasteiger partial charge in [0.15, 0.2) is 5.01 Å². The average molecular weight is 560 g/mol. The van der Waals surface area contributed by atoms with Gasteiger partial charge < -0.3 is 19.9 Å². The van der Waals surface area contributed by atoms with Crippen LogP contribution in [-0.2, 0) is 4.74 Å². The number of rotatable bonds is 6. The van der Waals surface area contributed by atoms with Crippen molar-refractivity contribution < 1.29 is 36.3 Å². The van der Waals surface area contributed by atoms with Gasteiger partial charge in [0.05, 0.1) is 17.1 Å². The van der Waals surface area contributed by atoms with Gasteiger partial charge in [0.1, 0.15) is 17.6 Å². The van der Waals surface area contributed by atoms with Crippen LogP contribution in [0.5, 0.6) is 0 Å². The SMILES string of the molecule is C[C@H](Nc1cc(C(F)F)c(-c2sc(C(=O)N3CC4CC(C3)O4)nc2C(=O)N2CCC[C@@H]2C)cn1)C(F)(F)F. The van der Waals surface area contributed by atoms with E-state index in [1.807, 2.05) is 6.92 Å². The van der Waals surface area contributed by atoms with Crippen LogP contribution in [0.4, 0.5) is 27.8 Å². The summed E-state index contributed by atoms with van der Waals surface area (Å²) in [5.41, 5.74) is -0.906. The number of alkyl halides is 5. The Kier molecular flexibility index (Phi) is 7.05. The van der Waals surface area contributed by atoms with Crippen molar-refractivity contribution in [3.8, 4) is 10.4 Å². The molecule has 0 aromatic carbocycles. The van der Waals surface area contributed by atoms with E-state index >= 15 is 0 Å². The van der Waals surface area contributed by atoms with Crippen LogP contribution in [-0.4, -0.2) is 81.7 Å². The van der Waals surface area contributed by atoms with Gasteiger partial charge in [-0.05, 0) is 32.8 Å². The second-order valence-electron chi connectivity index (χ2n) is 9.88. The van der Waals surface area contributed by atoms with Gasteiger partial charge in [-0.3, -0.25) is 9.59 Å². The molecule has 38 heavy (non-hydrogen) atoms. The van der Waals surface area contributed by atoms with Crippen LogP contribution in [0.2, 0.25) is 0 Å². The van der Waals surface area contributed by atoms with E-state index in [-0.39, 0.29) is 45.2 Å². The molecule has 4 fully saturated rings. The smallest absolute Gasteiger partial charge is 0.371 e. The van der Waals surface area contributed by atoms with Crippen molar-refractivity contribution in [1.82, 2.24) is 19.8 Å². The van der Waals surface area contributed by atoms with Crippen molar-refractivity contribution in [3.63, 3.8) is 0 Å². The number of amides is 2. The van der Waals surface area contributed by atoms with E-state index in [1.54, 1.807) is 9.80 Å². The third-order valence-electron chi connectivity index (χ3n) is 7.14. The maximum Gasteiger partial charge on any atom is 0.408 e. The number of aromatic nitrogens is 2. The number of anilines is 1. The Labute approximate surface area is 219 Å². The van der Waals surface area contributed by atoms with Crippen molar-refractivity contribution in [2.75, 3.05) is 25.0 Å². The van der Waals surface area contributed by atoms with Gasteiger partial charge in [-0.15, -0.1) is 11.3 Å². The Balaban J connectivity index is 1.54. The van der Waals surface area contributed by atoms with E-state index in [0.29, 0.717) is 19.6 Å². The van der Waals surface area contributed by atoms with Crippen LogP contribution in [0.3, 0.4) is 0 Å². The summed E-state index contributed by atoms with van der Waals surface area (Å²) < 4.78 is 72.9. The van der Waals surface area contributed by atoms with Gasteiger partial charge >= 0.3 is 6.18 Å². The van der Waals surface area contributed by atoms with Crippen LogP contribution in [0.15, 0.2) is 12.3 Å². The maximum absolute atomic E-state index is 14.2. The number of nitrogens with zero attached hydrogens (tertiary/aromatic N) is 4. The number of hydrogen-bond donors (Lipinski definition) is 1. The first-order chi connectivity index (χ1) is 17.9. The summed E-state index contributed by atoms with van der Waals surface area (Å²) in [5.74, 6) is -1.30. The summed E-state index contributed by atoms with van der Waals surface area (Å²) in [6.07, 6.45) is -4.40. The minimum absolute atomic E-state index is 0.0235. The first-order valence-electron chi connectivity index (χ1n) is 12.3. The first kappa shape index (κ1) is 26.7. The summed E-state index contributed by atoms with van der Waals surface area (Å²) in [5, 5.41) is 2.07. The monoisotopic (exact) mass is 559 g/mol. The molecule has 6 heterocycles. The van der Waals surface area contributed by atoms with Crippen molar-refractivity contribution in [3.05, 3.63) is 28.5 Å². The lowest BCUT2D eigenvalue weighted by Crippen LogP contribution is -2.58. The van der Waals surface area contributed by atoms with Crippen molar-refractivity contribution in [1.29, 1.82) is 0 Å². The fourth-order valence-electron chi connectivity index (χ4n) is 4.99. The normalized spacial score (nSPS) is 23.9. The highest BCUT2D eigenvalue weighted by Crippen LogP contribution is 2.40. The third-order valence-corrected chi connectivity index (χ3v) is 8.22. The van der Waals surface area contributed by atoms with E-state index in [4.69, 9.17) is 4.74 Å². The molecule has 14 heteroatoms. The largest absolute Gasteiger partial charge is 0.408 e. The van der Waals surface area contributed by atoms with Gasteiger partial charge in [-0.1, -0.05) is 0 Å². The number of carbonyl (C=O) groups is 2. The Morgan fingerprint density at radius 1 is 1.21 bits per heavy atom. The highest BCUT2D eigenvalue weighted by atomic mass is 32.1. The molecule has 6 rings (SSSR count). The number of carbonyl (C=O) groups excluding carboxylic acids is 2. The summed E-state index contributed by atoms with van der Waals surface area (Å²) >= 11 is 0.810. The van der Waals surface area contributed by atoms with Crippen LogP contribution in [0.1, 0.15) is 65.4 Å². The second kappa shape index (κ2) is 10.0. The van der Waals surface area contributed by atoms with E-state index < -0.39 is 36.0 Å². The molecule has 0 spiro atoms. The van der Waals surface area contributed by atoms with Crippen molar-refractivity contribution in [2.24, 2.45) is 0 Å². The zero-order valence-corrected chi connectivity index (χ0v) is 21.4. The quantitative estimate of drug-likeness (QED) is 0.515. The molecular formula is C24H26F5N5O3S. The molecule has 8 nitrogen and oxygen atoms in total. The standard InChI is InChI=1S/C24H26F5N5O3S/c1-11-4-3-5-34(11)22(35)18-19(38-21(32-18)23(36)33-9-13-6-14(10-33)37-13)16-8-30-17(7-15(16)20(25)26)31-12(2)24(27,28)29/h7-8,11-14,20H,3-6,9-10H2,1-2H3,(H,30,31)/t11-,12-,13?,14?/m0/s1. The van der Waals surface area contributed by atoms with Gasteiger partial charge in [0.25, 0.3) is 18.2 Å². The fourth-order valence-corrected chi connectivity index (χ4v) is 6.05. The maximum atomic E-state index is 14.2. The van der Waals surface area contributed by atoms with Gasteiger partial charge in [-0.2, -0.15) is 13.2 Å². The number of hydrogen-bond acceptors (Lipinski definition) is 7. The van der Waals surface area contributed by atoms with Crippen LogP contribution in [0, 0.1) is 0 Å². The molecule has 0 saturated carbocycles. The zero-order chi connectivity index (χ0) is 27.4. The van der Waals surface area contributed by atoms with E-state index in [1.165, 1.54) is 0 Å². The molecule has 2 aromatic heterocycles. The molecule has 206 valence electrons. The van der Waals surface area contributed by atoms with E-state index in [0.717, 1.165) is 49.8 Å². The Bertz CT molecular complexity index is 1220. The Hall–Kier alpha value is -2.87. The number of ether oxygens (including phenoxy) is 1. The lowest BCUT2D eigenvalue weighted by molar-refractivity contribution is -0.171. The molecule has 4 atom stereocenters. The second-order valence-corrected chi connectivity index (χ2v) is 10.9. The lowest BCUT2D eigenvalue weighted by atomic mass is 9.99. The topological polar surface area (TPSA) is 87.7 Å². The Morgan fingerprint density at radius 3 is 2.47 bits per heavy atom. The predicted molar refractivity (Wildman–Crippen MR) is 128 cm³/mol. The lowest BCUT2D eigenvalue weighted by Gasteiger charge is -2.46. The van der Waals surface area contributed by atoms with Gasteiger partial charge in [0, 0.05) is 49.4 Å². The molecule has 0 aliphatic carbocycles. The number of morpholine rings is 1. The molecule has 2 aromatic rings. The molecule has 2 bridgehead atoms. The van der Waals surface area contributed by atoms with Crippen LogP contribution >= 0.6 is 11.3 Å². The van der Waals surface area contributed by atoms with E-state index in [2.05, 4.69) is 15.3 Å². The molecule has 1 N–H and O–H groups in total. The molecule has 4 aliphatic rings. The molecular weight excluding hydrogens is 533 g/mol. The minimum Gasteiger partial charge on any atom is -0.371 e. The highest BCUT2D eigenvalue weighted by molar-refractivity contribution is 7.17. The van der Waals surface area contributed by atoms with Crippen molar-refractivity contribution >= 4 is 29.0 Å². The minimum atomic E-state index is -4.61. The predicted octanol–water partition coefficient (Wildman–Crippen LogP) is 4.74. The van der Waals surface area contributed by atoms with E-state index in [9.17, 15) is 31.5 Å². The number of thiazole rings is 1. The fraction of sp³-hybridized carbons (Fsp3) is 0.583. The number of fused-ring (bicyclic) bond motifs is 2. The number of pyridine rings is 1. The first-order valence-corrected chi connectivity index (χ1v) is 13.1. The number of piperidine rings is 1. The summed E-state index contributed by atoms with van der Waals surface area (Å²) in [6, 6.07) is -1.27. The molecule has 4 saturated heterocycles. The van der Waals surface area contributed by atoms with Gasteiger partial charge in [-0.25, -0.2) is 18.7 Å². The number of nitrogens with one attached hydrogen (secondary N) is 1. The molecule has 0 radical (unpaired) electrons. The summed E-state index contributed by atoms with van der Waals surface area (Å²) in [4.78, 5) is 38.2. The average Bonchev–Trinajstić information content (AvgIpc) is 3.49. The summed E-state index contributed by atoms with van der Waals surface area (Å²) in [7, 11) is 0. The zero-order valence-electron chi connectivity index (χ0n) is 20.6. The molecule has 2 amide bonds. The molecule has 2 unspecified atom stereocenters. The summed E-state index contributed by atoms with van der Waals surface area (Å²) in [6.45, 7) is 3.93. The number of likely N-dealkylation sites (tertiary alicyclic amines) is 1. The highest BCUT2D eigenvalue weighted by Gasteiger charge is 2.42. The Morgan fingerprint density at radius 2 is 1.89 bits per heavy atom. The van der Waals surface area contributed by atoms with Crippen LogP contribution in [0.25, 0.3) is 10.4 Å². The van der Waals surface area contributed by atoms with Crippen molar-refractivity contribution in [2.45, 2.75) is 70.0 Å². The molecule has 4 aliphatic heterocycles.